The van der Waals surface area contributed by atoms with Gasteiger partial charge in [-0.15, -0.1) is 0 Å². The summed E-state index contributed by atoms with van der Waals surface area (Å²) < 4.78 is 10.3. The minimum absolute atomic E-state index is 0.112. The van der Waals surface area contributed by atoms with Gasteiger partial charge in [-0.25, -0.2) is 0 Å². The topological polar surface area (TPSA) is 72.8 Å². The second kappa shape index (κ2) is 37.1. The maximum Gasteiger partial charge on any atom is 0.305 e. The van der Waals surface area contributed by atoms with E-state index in [2.05, 4.69) is 26.0 Å². The van der Waals surface area contributed by atoms with Gasteiger partial charge in [0.1, 0.15) is 19.3 Å². The van der Waals surface area contributed by atoms with Gasteiger partial charge in [0.15, 0.2) is 0 Å². The molecule has 0 fully saturated rings. The molecular formula is C40H76O5. The Morgan fingerprint density at radius 1 is 0.444 bits per heavy atom. The Morgan fingerprint density at radius 3 is 1.02 bits per heavy atom. The number of carbonyl (C=O) groups is 2. The summed E-state index contributed by atoms with van der Waals surface area (Å²) in [6.07, 6.45) is 41.2. The molecule has 0 aromatic carbocycles. The van der Waals surface area contributed by atoms with Crippen molar-refractivity contribution in [3.8, 4) is 0 Å². The van der Waals surface area contributed by atoms with E-state index >= 15 is 0 Å². The van der Waals surface area contributed by atoms with Crippen LogP contribution in [0.1, 0.15) is 213 Å². The molecule has 0 aliphatic rings. The fourth-order valence-corrected chi connectivity index (χ4v) is 5.73. The summed E-state index contributed by atoms with van der Waals surface area (Å²) in [6.45, 7) is 4.31. The molecule has 266 valence electrons. The molecule has 0 aliphatic heterocycles. The van der Waals surface area contributed by atoms with Gasteiger partial charge in [0.05, 0.1) is 0 Å². The van der Waals surface area contributed by atoms with Gasteiger partial charge in [0.25, 0.3) is 0 Å². The van der Waals surface area contributed by atoms with Gasteiger partial charge in [-0.05, 0) is 38.5 Å². The molecule has 45 heavy (non-hydrogen) atoms. The molecule has 0 rings (SSSR count). The summed E-state index contributed by atoms with van der Waals surface area (Å²) in [7, 11) is 0. The predicted molar refractivity (Wildman–Crippen MR) is 192 cm³/mol. The number of unbranched alkanes of at least 4 members (excludes halogenated alkanes) is 26. The lowest BCUT2D eigenvalue weighted by Crippen LogP contribution is -2.25. The molecule has 0 bridgehead atoms. The zero-order chi connectivity index (χ0) is 32.9. The molecule has 5 nitrogen and oxygen atoms in total. The molecule has 0 amide bonds. The lowest BCUT2D eigenvalue weighted by atomic mass is 10.0. The molecule has 0 aromatic heterocycles. The van der Waals surface area contributed by atoms with E-state index in [-0.39, 0.29) is 25.2 Å². The van der Waals surface area contributed by atoms with E-state index < -0.39 is 6.10 Å². The van der Waals surface area contributed by atoms with E-state index in [1.54, 1.807) is 0 Å². The van der Waals surface area contributed by atoms with Crippen molar-refractivity contribution >= 4 is 11.9 Å². The van der Waals surface area contributed by atoms with Crippen LogP contribution in [-0.2, 0) is 19.1 Å². The lowest BCUT2D eigenvalue weighted by molar-refractivity contribution is -0.152. The van der Waals surface area contributed by atoms with Gasteiger partial charge < -0.3 is 14.6 Å². The molecular weight excluding hydrogens is 560 g/mol. The summed E-state index contributed by atoms with van der Waals surface area (Å²) in [5, 5.41) is 10.0. The largest absolute Gasteiger partial charge is 0.463 e. The second-order valence-corrected chi connectivity index (χ2v) is 13.4. The minimum atomic E-state index is -0.959. The maximum atomic E-state index is 12.0. The highest BCUT2D eigenvalue weighted by atomic mass is 16.6. The fraction of sp³-hybridized carbons (Fsp3) is 0.900. The fourth-order valence-electron chi connectivity index (χ4n) is 5.73. The molecule has 1 N–H and O–H groups in total. The molecule has 1 unspecified atom stereocenters. The lowest BCUT2D eigenvalue weighted by Gasteiger charge is -2.12. The van der Waals surface area contributed by atoms with Crippen LogP contribution in [0.3, 0.4) is 0 Å². The second-order valence-electron chi connectivity index (χ2n) is 13.4. The summed E-state index contributed by atoms with van der Waals surface area (Å²) in [6, 6.07) is 0. The van der Waals surface area contributed by atoms with Crippen molar-refractivity contribution < 1.29 is 24.2 Å². The number of aliphatic hydroxyl groups excluding tert-OH is 1. The highest BCUT2D eigenvalue weighted by Gasteiger charge is 2.12. The van der Waals surface area contributed by atoms with E-state index in [4.69, 9.17) is 9.47 Å². The van der Waals surface area contributed by atoms with E-state index in [1.165, 1.54) is 154 Å². The Hall–Kier alpha value is -1.36. The van der Waals surface area contributed by atoms with E-state index in [0.29, 0.717) is 12.8 Å². The number of allylic oxidation sites excluding steroid dienone is 2. The molecule has 0 spiro atoms. The summed E-state index contributed by atoms with van der Waals surface area (Å²) in [5.74, 6) is -0.562. The number of rotatable bonds is 36. The number of ether oxygens (including phenoxy) is 2. The first-order valence-electron chi connectivity index (χ1n) is 19.7. The Kier molecular flexibility index (Phi) is 36.0. The molecule has 0 heterocycles. The van der Waals surface area contributed by atoms with Crippen LogP contribution < -0.4 is 0 Å². The minimum Gasteiger partial charge on any atom is -0.463 e. The van der Waals surface area contributed by atoms with Crippen LogP contribution in [-0.4, -0.2) is 36.4 Å². The third-order valence-electron chi connectivity index (χ3n) is 8.75. The van der Waals surface area contributed by atoms with Crippen molar-refractivity contribution in [3.63, 3.8) is 0 Å². The van der Waals surface area contributed by atoms with Crippen LogP contribution in [0.15, 0.2) is 12.2 Å². The molecule has 1 atom stereocenters. The Balaban J connectivity index is 3.41. The van der Waals surface area contributed by atoms with Crippen molar-refractivity contribution in [2.45, 2.75) is 219 Å². The van der Waals surface area contributed by atoms with Crippen LogP contribution in [0, 0.1) is 0 Å². The quantitative estimate of drug-likeness (QED) is 0.0421. The molecule has 0 saturated heterocycles. The molecule has 0 aliphatic carbocycles. The number of hydrogen-bond acceptors (Lipinski definition) is 5. The molecule has 0 saturated carbocycles. The summed E-state index contributed by atoms with van der Waals surface area (Å²) in [4.78, 5) is 23.9. The third kappa shape index (κ3) is 37.0. The normalized spacial score (nSPS) is 12.2. The van der Waals surface area contributed by atoms with E-state index in [9.17, 15) is 14.7 Å². The Bertz CT molecular complexity index is 647. The zero-order valence-corrected chi connectivity index (χ0v) is 30.1. The first-order valence-corrected chi connectivity index (χ1v) is 19.7. The number of aliphatic hydroxyl groups is 1. The first-order chi connectivity index (χ1) is 22.1. The van der Waals surface area contributed by atoms with Gasteiger partial charge in [-0.3, -0.25) is 9.59 Å². The van der Waals surface area contributed by atoms with Crippen molar-refractivity contribution in [1.29, 1.82) is 0 Å². The van der Waals surface area contributed by atoms with Gasteiger partial charge >= 0.3 is 11.9 Å². The first kappa shape index (κ1) is 43.6. The molecule has 5 heteroatoms. The third-order valence-corrected chi connectivity index (χ3v) is 8.75. The van der Waals surface area contributed by atoms with Crippen LogP contribution in [0.2, 0.25) is 0 Å². The van der Waals surface area contributed by atoms with Crippen molar-refractivity contribution in [2.75, 3.05) is 13.2 Å². The highest BCUT2D eigenvalue weighted by Crippen LogP contribution is 2.14. The average molecular weight is 637 g/mol. The van der Waals surface area contributed by atoms with E-state index in [0.717, 1.165) is 32.1 Å². The van der Waals surface area contributed by atoms with Crippen LogP contribution in [0.5, 0.6) is 0 Å². The molecule has 0 aromatic rings. The number of hydrogen-bond donors (Lipinski definition) is 1. The van der Waals surface area contributed by atoms with Crippen molar-refractivity contribution in [3.05, 3.63) is 12.2 Å². The SMILES string of the molecule is CCCCCCCC/C=C\CCCCCCCCC(=O)OCC(O)COC(=O)CCCCCCCCCCCCCCCCC. The van der Waals surface area contributed by atoms with Crippen LogP contribution >= 0.6 is 0 Å². The summed E-state index contributed by atoms with van der Waals surface area (Å²) in [5.41, 5.74) is 0. The highest BCUT2D eigenvalue weighted by molar-refractivity contribution is 5.69. The monoisotopic (exact) mass is 637 g/mol. The number of carbonyl (C=O) groups excluding carboxylic acids is 2. The van der Waals surface area contributed by atoms with Gasteiger partial charge in [-0.1, -0.05) is 174 Å². The average Bonchev–Trinajstić information content (AvgIpc) is 3.04. The Labute approximate surface area is 280 Å². The van der Waals surface area contributed by atoms with Crippen molar-refractivity contribution in [1.82, 2.24) is 0 Å². The van der Waals surface area contributed by atoms with E-state index in [1.807, 2.05) is 0 Å². The van der Waals surface area contributed by atoms with Gasteiger partial charge in [0.2, 0.25) is 0 Å². The van der Waals surface area contributed by atoms with Gasteiger partial charge in [0, 0.05) is 12.8 Å². The zero-order valence-electron chi connectivity index (χ0n) is 30.1. The van der Waals surface area contributed by atoms with Gasteiger partial charge in [-0.2, -0.15) is 0 Å². The smallest absolute Gasteiger partial charge is 0.305 e. The van der Waals surface area contributed by atoms with Crippen LogP contribution in [0.4, 0.5) is 0 Å². The molecule has 0 radical (unpaired) electrons. The Morgan fingerprint density at radius 2 is 0.711 bits per heavy atom. The van der Waals surface area contributed by atoms with Crippen LogP contribution in [0.25, 0.3) is 0 Å². The number of esters is 2. The summed E-state index contributed by atoms with van der Waals surface area (Å²) >= 11 is 0. The standard InChI is InChI=1S/C40H76O5/c1-3-5-7-9-11-13-15-17-19-21-23-25-27-29-31-33-35-40(43)45-37-38(41)36-44-39(42)34-32-30-28-26-24-22-20-18-16-14-12-10-8-6-4-2/h17,19,38,41H,3-16,18,20-37H2,1-2H3/b19-17-. The predicted octanol–water partition coefficient (Wildman–Crippen LogP) is 12.1. The van der Waals surface area contributed by atoms with Crippen molar-refractivity contribution in [2.24, 2.45) is 0 Å². The maximum absolute atomic E-state index is 12.0.